The molecule has 2 N–H and O–H groups in total. The Hall–Kier alpha value is -2.45. The third-order valence-corrected chi connectivity index (χ3v) is 5.54. The molecule has 2 saturated heterocycles. The van der Waals surface area contributed by atoms with Gasteiger partial charge in [-0.3, -0.25) is 9.59 Å². The SMILES string of the molecule is CCCC[C@@H](NC(=O)O)C(=O)N1CCC(N2CN3CN(C)C=C3C2=O)CC1. The normalized spacial score (nSPS) is 21.4. The van der Waals surface area contributed by atoms with Crippen molar-refractivity contribution in [3.05, 3.63) is 11.9 Å². The minimum Gasteiger partial charge on any atom is -0.465 e. The molecule has 0 aromatic carbocycles. The van der Waals surface area contributed by atoms with Gasteiger partial charge in [-0.15, -0.1) is 0 Å². The van der Waals surface area contributed by atoms with Gasteiger partial charge in [-0.2, -0.15) is 0 Å². The first-order valence-electron chi connectivity index (χ1n) is 9.67. The van der Waals surface area contributed by atoms with Gasteiger partial charge in [-0.25, -0.2) is 4.79 Å². The fourth-order valence-corrected chi connectivity index (χ4v) is 4.10. The largest absolute Gasteiger partial charge is 0.465 e. The van der Waals surface area contributed by atoms with Gasteiger partial charge in [0.1, 0.15) is 11.7 Å². The highest BCUT2D eigenvalue weighted by atomic mass is 16.4. The second-order valence-corrected chi connectivity index (χ2v) is 7.57. The molecule has 0 unspecified atom stereocenters. The second kappa shape index (κ2) is 8.06. The van der Waals surface area contributed by atoms with Crippen molar-refractivity contribution in [3.8, 4) is 0 Å². The minimum atomic E-state index is -1.17. The number of nitrogens with zero attached hydrogens (tertiary/aromatic N) is 4. The number of carbonyl (C=O) groups excluding carboxylic acids is 2. The molecule has 1 atom stereocenters. The number of hydrogen-bond acceptors (Lipinski definition) is 5. The number of carbonyl (C=O) groups is 3. The molecule has 3 amide bonds. The Balaban J connectivity index is 1.55. The third kappa shape index (κ3) is 4.12. The molecule has 2 fully saturated rings. The predicted molar refractivity (Wildman–Crippen MR) is 98.3 cm³/mol. The maximum atomic E-state index is 12.7. The molecule has 3 aliphatic heterocycles. The monoisotopic (exact) mass is 379 g/mol. The van der Waals surface area contributed by atoms with Crippen LogP contribution in [0.25, 0.3) is 0 Å². The Morgan fingerprint density at radius 1 is 1.30 bits per heavy atom. The van der Waals surface area contributed by atoms with Gasteiger partial charge in [-0.05, 0) is 19.3 Å². The van der Waals surface area contributed by atoms with Crippen molar-refractivity contribution in [2.75, 3.05) is 33.5 Å². The summed E-state index contributed by atoms with van der Waals surface area (Å²) < 4.78 is 0. The second-order valence-electron chi connectivity index (χ2n) is 7.57. The van der Waals surface area contributed by atoms with Gasteiger partial charge in [0.25, 0.3) is 5.91 Å². The summed E-state index contributed by atoms with van der Waals surface area (Å²) in [5.41, 5.74) is 0.751. The third-order valence-electron chi connectivity index (χ3n) is 5.54. The van der Waals surface area contributed by atoms with Crippen LogP contribution in [0.15, 0.2) is 11.9 Å². The first-order chi connectivity index (χ1) is 12.9. The molecule has 27 heavy (non-hydrogen) atoms. The Morgan fingerprint density at radius 2 is 2.00 bits per heavy atom. The van der Waals surface area contributed by atoms with Crippen molar-refractivity contribution in [2.24, 2.45) is 0 Å². The predicted octanol–water partition coefficient (Wildman–Crippen LogP) is 0.650. The zero-order valence-corrected chi connectivity index (χ0v) is 16.1. The topological polar surface area (TPSA) is 96.4 Å². The number of amides is 3. The number of rotatable bonds is 6. The molecule has 0 aliphatic carbocycles. The summed E-state index contributed by atoms with van der Waals surface area (Å²) in [6, 6.07) is -0.557. The van der Waals surface area contributed by atoms with E-state index >= 15 is 0 Å². The summed E-state index contributed by atoms with van der Waals surface area (Å²) in [5, 5.41) is 11.4. The van der Waals surface area contributed by atoms with Gasteiger partial charge in [0.05, 0.1) is 13.3 Å². The summed E-state index contributed by atoms with van der Waals surface area (Å²) in [6.07, 6.45) is 4.39. The average Bonchev–Trinajstić information content (AvgIpc) is 3.15. The Bertz CT molecular complexity index is 629. The Kier molecular flexibility index (Phi) is 5.76. The van der Waals surface area contributed by atoms with Gasteiger partial charge in [-0.1, -0.05) is 19.8 Å². The molecular formula is C18H29N5O4. The summed E-state index contributed by atoms with van der Waals surface area (Å²) in [4.78, 5) is 44.1. The molecule has 0 spiro atoms. The van der Waals surface area contributed by atoms with E-state index in [0.29, 0.717) is 26.2 Å². The van der Waals surface area contributed by atoms with Crippen LogP contribution in [0.5, 0.6) is 0 Å². The van der Waals surface area contributed by atoms with Crippen molar-refractivity contribution in [1.29, 1.82) is 0 Å². The van der Waals surface area contributed by atoms with E-state index < -0.39 is 12.1 Å². The quantitative estimate of drug-likeness (QED) is 0.703. The summed E-state index contributed by atoms with van der Waals surface area (Å²) >= 11 is 0. The van der Waals surface area contributed by atoms with Crippen molar-refractivity contribution < 1.29 is 19.5 Å². The Labute approximate surface area is 159 Å². The van der Waals surface area contributed by atoms with Crippen molar-refractivity contribution in [2.45, 2.75) is 51.1 Å². The number of nitrogens with one attached hydrogen (secondary N) is 1. The maximum absolute atomic E-state index is 12.7. The first kappa shape index (κ1) is 19.3. The minimum absolute atomic E-state index is 0.0671. The number of piperidine rings is 1. The van der Waals surface area contributed by atoms with E-state index in [1.54, 1.807) is 4.90 Å². The van der Waals surface area contributed by atoms with Crippen LogP contribution in [0, 0.1) is 0 Å². The number of fused-ring (bicyclic) bond motifs is 1. The smallest absolute Gasteiger partial charge is 0.405 e. The lowest BCUT2D eigenvalue weighted by Gasteiger charge is -2.38. The average molecular weight is 379 g/mol. The Morgan fingerprint density at radius 3 is 2.59 bits per heavy atom. The first-order valence-corrected chi connectivity index (χ1v) is 9.67. The van der Waals surface area contributed by atoms with Gasteiger partial charge < -0.3 is 30.0 Å². The number of likely N-dealkylation sites (tertiary alicyclic amines) is 1. The molecule has 0 saturated carbocycles. The van der Waals surface area contributed by atoms with Crippen LogP contribution in [-0.2, 0) is 9.59 Å². The summed E-state index contributed by atoms with van der Waals surface area (Å²) in [6.45, 7) is 4.45. The molecule has 9 nitrogen and oxygen atoms in total. The number of hydrogen-bond donors (Lipinski definition) is 2. The van der Waals surface area contributed by atoms with Crippen LogP contribution in [0.4, 0.5) is 4.79 Å². The molecule has 9 heteroatoms. The zero-order valence-electron chi connectivity index (χ0n) is 16.1. The molecule has 3 heterocycles. The lowest BCUT2D eigenvalue weighted by molar-refractivity contribution is -0.136. The molecule has 0 radical (unpaired) electrons. The van der Waals surface area contributed by atoms with Crippen LogP contribution in [0.1, 0.15) is 39.0 Å². The van der Waals surface area contributed by atoms with Gasteiger partial charge in [0, 0.05) is 32.4 Å². The highest BCUT2D eigenvalue weighted by molar-refractivity contribution is 5.95. The molecule has 0 bridgehead atoms. The lowest BCUT2D eigenvalue weighted by Crippen LogP contribution is -2.53. The molecular weight excluding hydrogens is 350 g/mol. The van der Waals surface area contributed by atoms with Crippen molar-refractivity contribution in [3.63, 3.8) is 0 Å². The zero-order chi connectivity index (χ0) is 19.6. The summed E-state index contributed by atoms with van der Waals surface area (Å²) in [7, 11) is 1.95. The van der Waals surface area contributed by atoms with Crippen LogP contribution >= 0.6 is 0 Å². The van der Waals surface area contributed by atoms with E-state index in [4.69, 9.17) is 5.11 Å². The van der Waals surface area contributed by atoms with Crippen LogP contribution in [0.2, 0.25) is 0 Å². The molecule has 3 rings (SSSR count). The fourth-order valence-electron chi connectivity index (χ4n) is 4.10. The fraction of sp³-hybridized carbons (Fsp3) is 0.722. The van der Waals surface area contributed by atoms with E-state index in [1.807, 2.05) is 30.0 Å². The van der Waals surface area contributed by atoms with E-state index in [2.05, 4.69) is 10.2 Å². The standard InChI is InChI=1S/C18H29N5O4/c1-3-4-5-14(19-18(26)27)16(24)21-8-6-13(7-9-21)23-12-22-11-20(2)10-15(22)17(23)25/h10,13-14,19H,3-9,11-12H2,1-2H3,(H,26,27)/t14-/m1/s1. The molecule has 150 valence electrons. The van der Waals surface area contributed by atoms with Crippen LogP contribution in [-0.4, -0.2) is 88.2 Å². The van der Waals surface area contributed by atoms with Crippen molar-refractivity contribution in [1.82, 2.24) is 24.9 Å². The van der Waals surface area contributed by atoms with E-state index in [1.165, 1.54) is 0 Å². The molecule has 0 aromatic heterocycles. The van der Waals surface area contributed by atoms with Gasteiger partial charge in [0.15, 0.2) is 0 Å². The number of carboxylic acid groups (broad SMARTS) is 1. The summed E-state index contributed by atoms with van der Waals surface area (Å²) in [5.74, 6) is -0.0838. The molecule has 0 aromatic rings. The highest BCUT2D eigenvalue weighted by Gasteiger charge is 2.41. The lowest BCUT2D eigenvalue weighted by atomic mass is 10.0. The van der Waals surface area contributed by atoms with Crippen LogP contribution < -0.4 is 5.32 Å². The number of unbranched alkanes of at least 4 members (excludes halogenated alkanes) is 1. The highest BCUT2D eigenvalue weighted by Crippen LogP contribution is 2.29. The molecule has 3 aliphatic rings. The maximum Gasteiger partial charge on any atom is 0.405 e. The van der Waals surface area contributed by atoms with E-state index in [0.717, 1.165) is 38.0 Å². The van der Waals surface area contributed by atoms with Gasteiger partial charge >= 0.3 is 6.09 Å². The van der Waals surface area contributed by atoms with Gasteiger partial charge in [0.2, 0.25) is 5.91 Å². The van der Waals surface area contributed by atoms with E-state index in [-0.39, 0.29) is 17.9 Å². The van der Waals surface area contributed by atoms with Crippen molar-refractivity contribution >= 4 is 17.9 Å². The van der Waals surface area contributed by atoms with Crippen LogP contribution in [0.3, 0.4) is 0 Å². The van der Waals surface area contributed by atoms with E-state index in [9.17, 15) is 14.4 Å².